The van der Waals surface area contributed by atoms with E-state index in [1.165, 1.54) is 11.3 Å². The lowest BCUT2D eigenvalue weighted by molar-refractivity contribution is 0.102. The van der Waals surface area contributed by atoms with Crippen LogP contribution in [0.5, 0.6) is 0 Å². The molecule has 1 amide bonds. The second-order valence-corrected chi connectivity index (χ2v) is 6.88. The van der Waals surface area contributed by atoms with Crippen molar-refractivity contribution in [2.24, 2.45) is 5.73 Å². The van der Waals surface area contributed by atoms with Crippen molar-refractivity contribution in [3.05, 3.63) is 39.3 Å². The lowest BCUT2D eigenvalue weighted by atomic mass is 10.3. The highest BCUT2D eigenvalue weighted by Gasteiger charge is 2.13. The van der Waals surface area contributed by atoms with E-state index in [0.717, 1.165) is 15.7 Å². The molecule has 2 aromatic rings. The largest absolute Gasteiger partial charge is 0.330 e. The third-order valence-corrected chi connectivity index (χ3v) is 4.73. The van der Waals surface area contributed by atoms with E-state index in [0.29, 0.717) is 29.4 Å². The number of hydrogen-bond donors (Lipinski definition) is 2. The number of benzene rings is 1. The molecule has 1 heterocycles. The van der Waals surface area contributed by atoms with Crippen molar-refractivity contribution < 1.29 is 4.79 Å². The number of nitrogens with zero attached hydrogens (tertiary/aromatic N) is 1. The van der Waals surface area contributed by atoms with Gasteiger partial charge < -0.3 is 11.1 Å². The van der Waals surface area contributed by atoms with Crippen LogP contribution in [0.2, 0.25) is 5.02 Å². The van der Waals surface area contributed by atoms with E-state index in [9.17, 15) is 4.79 Å². The number of aromatic nitrogens is 1. The Hall–Kier alpha value is -1.08. The van der Waals surface area contributed by atoms with Gasteiger partial charge in [-0.1, -0.05) is 18.5 Å². The minimum absolute atomic E-state index is 0.227. The van der Waals surface area contributed by atoms with E-state index in [-0.39, 0.29) is 5.91 Å². The van der Waals surface area contributed by atoms with Crippen molar-refractivity contribution in [2.45, 2.75) is 18.2 Å². The molecule has 0 aliphatic carbocycles. The van der Waals surface area contributed by atoms with E-state index in [1.807, 2.05) is 12.1 Å². The molecule has 0 bridgehead atoms. The summed E-state index contributed by atoms with van der Waals surface area (Å²) in [5.74, 6) is 0.691. The molecule has 0 unspecified atom stereocenters. The summed E-state index contributed by atoms with van der Waals surface area (Å²) in [6.07, 6.45) is 0.687. The van der Waals surface area contributed by atoms with E-state index >= 15 is 0 Å². The van der Waals surface area contributed by atoms with Crippen LogP contribution in [0, 0.1) is 0 Å². The van der Waals surface area contributed by atoms with E-state index in [1.54, 1.807) is 23.2 Å². The van der Waals surface area contributed by atoms with Crippen molar-refractivity contribution in [1.82, 2.24) is 4.98 Å². The van der Waals surface area contributed by atoms with Gasteiger partial charge in [0.2, 0.25) is 0 Å². The summed E-state index contributed by atoms with van der Waals surface area (Å²) in [6.45, 7) is 2.59. The van der Waals surface area contributed by atoms with Crippen LogP contribution in [0.4, 0.5) is 5.69 Å². The first kappa shape index (κ1) is 16.3. The second-order valence-electron chi connectivity index (χ2n) is 4.19. The smallest absolute Gasteiger partial charge is 0.275 e. The zero-order chi connectivity index (χ0) is 15.2. The van der Waals surface area contributed by atoms with Gasteiger partial charge in [0, 0.05) is 21.7 Å². The van der Waals surface area contributed by atoms with Crippen molar-refractivity contribution in [3.8, 4) is 0 Å². The fourth-order valence-electron chi connectivity index (χ4n) is 1.72. The van der Waals surface area contributed by atoms with Gasteiger partial charge in [-0.15, -0.1) is 23.1 Å². The van der Waals surface area contributed by atoms with E-state index in [4.69, 9.17) is 17.3 Å². The fourth-order valence-corrected chi connectivity index (χ4v) is 3.43. The van der Waals surface area contributed by atoms with Gasteiger partial charge in [-0.3, -0.25) is 4.79 Å². The molecular formula is C14H16ClN3OS2. The van der Waals surface area contributed by atoms with Gasteiger partial charge in [0.15, 0.2) is 0 Å². The standard InChI is InChI=1S/C14H16ClN3OS2/c1-2-20-12-4-3-9(15)7-10(12)18-14(19)11-8-21-13(17-11)5-6-16/h3-4,7-8H,2,5-6,16H2,1H3,(H,18,19). The highest BCUT2D eigenvalue weighted by Crippen LogP contribution is 2.30. The molecule has 0 aliphatic heterocycles. The molecule has 7 heteroatoms. The molecule has 112 valence electrons. The Morgan fingerprint density at radius 1 is 1.52 bits per heavy atom. The summed E-state index contributed by atoms with van der Waals surface area (Å²) in [7, 11) is 0. The molecule has 1 aromatic carbocycles. The predicted molar refractivity (Wildman–Crippen MR) is 90.7 cm³/mol. The van der Waals surface area contributed by atoms with Crippen LogP contribution < -0.4 is 11.1 Å². The Morgan fingerprint density at radius 2 is 2.33 bits per heavy atom. The summed E-state index contributed by atoms with van der Waals surface area (Å²) >= 11 is 9.10. The van der Waals surface area contributed by atoms with Crippen molar-refractivity contribution in [3.63, 3.8) is 0 Å². The quantitative estimate of drug-likeness (QED) is 0.787. The van der Waals surface area contributed by atoms with Gasteiger partial charge in [-0.2, -0.15) is 0 Å². The lowest BCUT2D eigenvalue weighted by Gasteiger charge is -2.09. The molecule has 3 N–H and O–H groups in total. The summed E-state index contributed by atoms with van der Waals surface area (Å²) in [5, 5.41) is 6.09. The fraction of sp³-hybridized carbons (Fsp3) is 0.286. The normalized spacial score (nSPS) is 10.6. The number of amides is 1. The topological polar surface area (TPSA) is 68.0 Å². The second kappa shape index (κ2) is 7.79. The third kappa shape index (κ3) is 4.44. The zero-order valence-corrected chi connectivity index (χ0v) is 13.9. The Kier molecular flexibility index (Phi) is 6.05. The first-order chi connectivity index (χ1) is 10.1. The molecular weight excluding hydrogens is 326 g/mol. The van der Waals surface area contributed by atoms with Gasteiger partial charge in [-0.05, 0) is 30.5 Å². The molecule has 1 aromatic heterocycles. The van der Waals surface area contributed by atoms with Crippen LogP contribution in [0.3, 0.4) is 0 Å². The molecule has 0 aliphatic rings. The van der Waals surface area contributed by atoms with E-state index < -0.39 is 0 Å². The maximum atomic E-state index is 12.2. The Bertz CT molecular complexity index is 630. The van der Waals surface area contributed by atoms with Crippen molar-refractivity contribution in [2.75, 3.05) is 17.6 Å². The van der Waals surface area contributed by atoms with Gasteiger partial charge in [0.25, 0.3) is 5.91 Å². The number of carbonyl (C=O) groups is 1. The molecule has 4 nitrogen and oxygen atoms in total. The molecule has 0 radical (unpaired) electrons. The monoisotopic (exact) mass is 341 g/mol. The number of thioether (sulfide) groups is 1. The molecule has 0 atom stereocenters. The molecule has 2 rings (SSSR count). The molecule has 0 saturated heterocycles. The van der Waals surface area contributed by atoms with Crippen molar-refractivity contribution >= 4 is 46.3 Å². The van der Waals surface area contributed by atoms with Gasteiger partial charge in [0.05, 0.1) is 10.7 Å². The molecule has 0 spiro atoms. The van der Waals surface area contributed by atoms with Gasteiger partial charge in [-0.25, -0.2) is 4.98 Å². The number of halogens is 1. The number of nitrogens with one attached hydrogen (secondary N) is 1. The summed E-state index contributed by atoms with van der Waals surface area (Å²) in [4.78, 5) is 17.5. The molecule has 21 heavy (non-hydrogen) atoms. The predicted octanol–water partition coefficient (Wildman–Crippen LogP) is 3.66. The summed E-state index contributed by atoms with van der Waals surface area (Å²) < 4.78 is 0. The minimum Gasteiger partial charge on any atom is -0.330 e. The molecule has 0 saturated carbocycles. The molecule has 0 fully saturated rings. The average molecular weight is 342 g/mol. The maximum Gasteiger partial charge on any atom is 0.275 e. The number of nitrogens with two attached hydrogens (primary N) is 1. The van der Waals surface area contributed by atoms with E-state index in [2.05, 4.69) is 17.2 Å². The maximum absolute atomic E-state index is 12.2. The van der Waals surface area contributed by atoms with Crippen molar-refractivity contribution in [1.29, 1.82) is 0 Å². The number of rotatable bonds is 6. The van der Waals surface area contributed by atoms with Gasteiger partial charge >= 0.3 is 0 Å². The number of thiazole rings is 1. The van der Waals surface area contributed by atoms with Crippen LogP contribution >= 0.6 is 34.7 Å². The van der Waals surface area contributed by atoms with Crippen LogP contribution in [-0.2, 0) is 6.42 Å². The number of carbonyl (C=O) groups excluding carboxylic acids is 1. The first-order valence-electron chi connectivity index (χ1n) is 6.52. The van der Waals surface area contributed by atoms with Crippen LogP contribution in [0.1, 0.15) is 22.4 Å². The van der Waals surface area contributed by atoms with Crippen LogP contribution in [0.15, 0.2) is 28.5 Å². The summed E-state index contributed by atoms with van der Waals surface area (Å²) in [5.41, 5.74) is 6.62. The first-order valence-corrected chi connectivity index (χ1v) is 8.76. The van der Waals surface area contributed by atoms with Crippen LogP contribution in [-0.4, -0.2) is 23.2 Å². The Balaban J connectivity index is 2.16. The summed E-state index contributed by atoms with van der Waals surface area (Å²) in [6, 6.07) is 5.48. The lowest BCUT2D eigenvalue weighted by Crippen LogP contribution is -2.13. The number of hydrogen-bond acceptors (Lipinski definition) is 5. The Morgan fingerprint density at radius 3 is 3.05 bits per heavy atom. The zero-order valence-electron chi connectivity index (χ0n) is 11.6. The highest BCUT2D eigenvalue weighted by atomic mass is 35.5. The average Bonchev–Trinajstić information content (AvgIpc) is 2.91. The van der Waals surface area contributed by atoms with Crippen LogP contribution in [0.25, 0.3) is 0 Å². The highest BCUT2D eigenvalue weighted by molar-refractivity contribution is 7.99. The van der Waals surface area contributed by atoms with Gasteiger partial charge in [0.1, 0.15) is 5.69 Å². The Labute approximate surface area is 137 Å². The SMILES string of the molecule is CCSc1ccc(Cl)cc1NC(=O)c1csc(CCN)n1. The third-order valence-electron chi connectivity index (χ3n) is 2.63. The minimum atomic E-state index is -0.227. The number of anilines is 1.